The van der Waals surface area contributed by atoms with Crippen molar-refractivity contribution in [1.82, 2.24) is 0 Å². The van der Waals surface area contributed by atoms with Crippen LogP contribution in [0.4, 0.5) is 0 Å². The predicted octanol–water partition coefficient (Wildman–Crippen LogP) is -7.01. The fourth-order valence-corrected chi connectivity index (χ4v) is 2.97. The summed E-state index contributed by atoms with van der Waals surface area (Å²) < 4.78 is 0. The van der Waals surface area contributed by atoms with Crippen LogP contribution in [0, 0.1) is 0 Å². The monoisotopic (exact) mass is 272 g/mol. The van der Waals surface area contributed by atoms with Gasteiger partial charge in [-0.25, -0.2) is 9.79 Å². The Hall–Kier alpha value is 1.54. The maximum Gasteiger partial charge on any atom is 1.00 e. The molecule has 0 fully saturated rings. The third-order valence-corrected chi connectivity index (χ3v) is 5.41. The van der Waals surface area contributed by atoms with Crippen molar-refractivity contribution in [3.63, 3.8) is 0 Å². The molecular weight excluding hydrogens is 261 g/mol. The number of aliphatic hydroxyl groups is 2. The van der Waals surface area contributed by atoms with E-state index in [1.165, 1.54) is 0 Å². The Morgan fingerprint density at radius 3 is 1.67 bits per heavy atom. The maximum absolute atomic E-state index is 10.6. The summed E-state index contributed by atoms with van der Waals surface area (Å²) in [6.07, 6.45) is -1.31. The van der Waals surface area contributed by atoms with Crippen molar-refractivity contribution in [2.45, 2.75) is 17.9 Å². The van der Waals surface area contributed by atoms with Gasteiger partial charge < -0.3 is 24.9 Å². The fourth-order valence-electron chi connectivity index (χ4n) is 0.768. The van der Waals surface area contributed by atoms with Crippen molar-refractivity contribution in [1.29, 1.82) is 0 Å². The van der Waals surface area contributed by atoms with E-state index in [0.717, 1.165) is 0 Å². The average molecular weight is 272 g/mol. The third kappa shape index (κ3) is 4.73. The molecule has 0 aliphatic carbocycles. The Labute approximate surface area is 109 Å². The average Bonchev–Trinajstić information content (AvgIpc) is 1.95. The molecular formula is C4H11NaO8P2. The molecule has 0 rings (SSSR count). The minimum absolute atomic E-state index is 0. The van der Waals surface area contributed by atoms with Crippen molar-refractivity contribution in [3.8, 4) is 0 Å². The molecule has 0 aliphatic rings. The summed E-state index contributed by atoms with van der Waals surface area (Å²) in [6, 6.07) is 0. The van der Waals surface area contributed by atoms with E-state index in [2.05, 4.69) is 0 Å². The van der Waals surface area contributed by atoms with Crippen molar-refractivity contribution in [3.05, 3.63) is 0 Å². The zero-order valence-electron chi connectivity index (χ0n) is 7.98. The maximum atomic E-state index is 10.6. The molecule has 5 N–H and O–H groups in total. The van der Waals surface area contributed by atoms with Gasteiger partial charge in [-0.3, -0.25) is 4.89 Å². The largest absolute Gasteiger partial charge is 1.00 e. The first-order valence-electron chi connectivity index (χ1n) is 3.49. The van der Waals surface area contributed by atoms with Gasteiger partial charge in [0.05, 0.1) is 6.42 Å². The number of aliphatic hydroxyl groups excluding tert-OH is 1. The van der Waals surface area contributed by atoms with Gasteiger partial charge >= 0.3 is 42.6 Å². The Bertz CT molecular complexity index is 174. The summed E-state index contributed by atoms with van der Waals surface area (Å²) in [4.78, 5) is 57.3. The predicted molar refractivity (Wildman–Crippen MR) is 41.8 cm³/mol. The summed E-state index contributed by atoms with van der Waals surface area (Å²) in [5.74, 6) is 0. The molecule has 1 atom stereocenters. The second-order valence-electron chi connectivity index (χ2n) is 2.67. The smallest absolute Gasteiger partial charge is 0.654 e. The van der Waals surface area contributed by atoms with Gasteiger partial charge in [0.1, 0.15) is 7.94 Å². The summed E-state index contributed by atoms with van der Waals surface area (Å²) in [6.45, 7) is -0.567. The molecule has 0 aromatic rings. The normalized spacial score (nSPS) is 16.8. The van der Waals surface area contributed by atoms with E-state index in [1.54, 1.807) is 0 Å². The minimum Gasteiger partial charge on any atom is -0.654 e. The molecule has 0 aromatic carbocycles. The quantitative estimate of drug-likeness (QED) is 0.242. The van der Waals surface area contributed by atoms with Gasteiger partial charge in [-0.15, -0.1) is 0 Å². The van der Waals surface area contributed by atoms with Gasteiger partial charge in [0, 0.05) is 6.61 Å². The Morgan fingerprint density at radius 2 is 1.47 bits per heavy atom. The standard InChI is InChI=1S/C4H12O8P2.Na/c5-3-1-2-4(6,13(7,8)9)14(10,11)12;/h5-6H,1-3H2,(H2,7,8,9)(H2,10,11,12);/q;+1/p-1. The molecule has 0 aliphatic heterocycles. The summed E-state index contributed by atoms with van der Waals surface area (Å²) in [5.41, 5.74) is 0. The molecule has 0 saturated carbocycles. The van der Waals surface area contributed by atoms with Crippen molar-refractivity contribution >= 4 is 15.9 Å². The number of rotatable bonds is 5. The molecule has 11 heteroatoms. The first-order valence-corrected chi connectivity index (χ1v) is 6.68. The van der Waals surface area contributed by atoms with Crippen LogP contribution in [0.3, 0.4) is 0 Å². The second kappa shape index (κ2) is 6.47. The second-order valence-corrected chi connectivity index (χ2v) is 6.63. The van der Waals surface area contributed by atoms with Gasteiger partial charge in [0.2, 0.25) is 0 Å². The van der Waals surface area contributed by atoms with Crippen LogP contribution in [-0.2, 0) is 0 Å². The van der Waals surface area contributed by atoms with Crippen LogP contribution in [0.25, 0.3) is 0 Å². The summed E-state index contributed by atoms with van der Waals surface area (Å²) in [7, 11) is -11.0. The minimum atomic E-state index is -5.61. The summed E-state index contributed by atoms with van der Waals surface area (Å²) >= 11 is 0. The van der Waals surface area contributed by atoms with E-state index in [4.69, 9.17) is 24.9 Å². The molecule has 8 nitrogen and oxygen atoms in total. The van der Waals surface area contributed by atoms with Gasteiger partial charge in [0.25, 0.3) is 0 Å². The van der Waals surface area contributed by atoms with Crippen molar-refractivity contribution in [2.75, 3.05) is 6.61 Å². The van der Waals surface area contributed by atoms with Crippen LogP contribution in [-0.4, -0.2) is 36.6 Å². The third-order valence-electron chi connectivity index (χ3n) is 1.59. The summed E-state index contributed by atoms with van der Waals surface area (Å²) in [5, 5.41) is 13.9. The molecule has 0 amide bonds. The van der Waals surface area contributed by atoms with E-state index in [-0.39, 0.29) is 36.0 Å². The van der Waals surface area contributed by atoms with E-state index in [0.29, 0.717) is 0 Å². The number of hydrogen-bond donors (Lipinski definition) is 5. The zero-order valence-corrected chi connectivity index (χ0v) is 11.8. The first kappa shape index (κ1) is 18.9. The van der Waals surface area contributed by atoms with E-state index >= 15 is 0 Å². The van der Waals surface area contributed by atoms with Gasteiger partial charge in [-0.1, -0.05) is 0 Å². The Balaban J connectivity index is 0. The van der Waals surface area contributed by atoms with E-state index < -0.39 is 34.0 Å². The molecule has 0 saturated heterocycles. The fraction of sp³-hybridized carbons (Fsp3) is 1.00. The number of hydrogen-bond acceptors (Lipinski definition) is 8. The Morgan fingerprint density at radius 1 is 1.07 bits per heavy atom. The van der Waals surface area contributed by atoms with Crippen LogP contribution in [0.5, 0.6) is 0 Å². The molecule has 86 valence electrons. The topological polar surface area (TPSA) is 170 Å². The van der Waals surface area contributed by atoms with Crippen LogP contribution in [0.15, 0.2) is 0 Å². The molecule has 15 heavy (non-hydrogen) atoms. The van der Waals surface area contributed by atoms with Crippen LogP contribution < -0.4 is 44.2 Å². The Kier molecular flexibility index (Phi) is 8.14. The first-order chi connectivity index (χ1) is 6.06. The molecule has 0 bridgehead atoms. The zero-order chi connectivity index (χ0) is 11.6. The molecule has 0 aromatic heterocycles. The molecule has 1 unspecified atom stereocenters. The van der Waals surface area contributed by atoms with Crippen LogP contribution >= 0.6 is 15.9 Å². The van der Waals surface area contributed by atoms with E-state index in [9.17, 15) is 14.7 Å². The van der Waals surface area contributed by atoms with Crippen molar-refractivity contribution < 1.29 is 69.1 Å². The van der Waals surface area contributed by atoms with Crippen LogP contribution in [0.1, 0.15) is 12.8 Å². The van der Waals surface area contributed by atoms with Gasteiger partial charge in [0.15, 0.2) is 0 Å². The molecule has 0 radical (unpaired) electrons. The van der Waals surface area contributed by atoms with Crippen LogP contribution in [0.2, 0.25) is 0 Å². The van der Waals surface area contributed by atoms with Crippen molar-refractivity contribution in [2.24, 2.45) is 0 Å². The van der Waals surface area contributed by atoms with Gasteiger partial charge in [-0.2, -0.15) is 0 Å². The van der Waals surface area contributed by atoms with Gasteiger partial charge in [-0.05, 0) is 6.42 Å². The SMILES string of the molecule is [Na+].[O-][P+]([O-])(O)C(O)(CCCO)[P+]([O-])(O)O. The molecule has 0 heterocycles. The molecule has 0 spiro atoms. The van der Waals surface area contributed by atoms with E-state index in [1.807, 2.05) is 0 Å².